The fourth-order valence-electron chi connectivity index (χ4n) is 3.17. The fraction of sp³-hybridized carbons (Fsp3) is 0.647. The molecule has 2 N–H and O–H groups in total. The molecule has 1 aliphatic carbocycles. The molecule has 0 unspecified atom stereocenters. The van der Waals surface area contributed by atoms with Crippen LogP contribution in [0.5, 0.6) is 11.5 Å². The monoisotopic (exact) mass is 311 g/mol. The van der Waals surface area contributed by atoms with Gasteiger partial charge in [0.2, 0.25) is 0 Å². The van der Waals surface area contributed by atoms with Gasteiger partial charge in [-0.3, -0.25) is 0 Å². The number of halogens is 1. The summed E-state index contributed by atoms with van der Waals surface area (Å²) in [5.41, 5.74) is 0.792. The second-order valence-electron chi connectivity index (χ2n) is 6.04. The number of methoxy groups -OCH3 is 1. The Balaban J connectivity index is 1.97. The molecule has 0 aliphatic heterocycles. The van der Waals surface area contributed by atoms with E-state index in [1.165, 1.54) is 45.6 Å². The molecule has 118 valence electrons. The molecule has 0 saturated heterocycles. The molecular weight excluding hydrogens is 286 g/mol. The second-order valence-corrected chi connectivity index (χ2v) is 6.47. The number of phenols is 1. The molecule has 21 heavy (non-hydrogen) atoms. The van der Waals surface area contributed by atoms with Gasteiger partial charge in [-0.1, -0.05) is 37.3 Å². The van der Waals surface area contributed by atoms with E-state index in [-0.39, 0.29) is 5.75 Å². The highest BCUT2D eigenvalue weighted by Gasteiger charge is 2.19. The number of ether oxygens (including phenoxy) is 1. The van der Waals surface area contributed by atoms with E-state index in [2.05, 4.69) is 12.2 Å². The fourth-order valence-corrected chi connectivity index (χ4v) is 3.40. The van der Waals surface area contributed by atoms with E-state index >= 15 is 0 Å². The predicted molar refractivity (Wildman–Crippen MR) is 87.2 cm³/mol. The third-order valence-corrected chi connectivity index (χ3v) is 4.78. The Morgan fingerprint density at radius 3 is 2.57 bits per heavy atom. The Bertz CT molecular complexity index is 456. The van der Waals surface area contributed by atoms with Gasteiger partial charge in [-0.05, 0) is 31.7 Å². The normalized spacial score (nSPS) is 18.2. The molecule has 0 amide bonds. The van der Waals surface area contributed by atoms with Gasteiger partial charge >= 0.3 is 0 Å². The van der Waals surface area contributed by atoms with Crippen molar-refractivity contribution < 1.29 is 9.84 Å². The first kappa shape index (κ1) is 16.4. The van der Waals surface area contributed by atoms with Crippen molar-refractivity contribution in [1.82, 2.24) is 5.32 Å². The van der Waals surface area contributed by atoms with Crippen molar-refractivity contribution in [3.63, 3.8) is 0 Å². The molecule has 1 fully saturated rings. The lowest BCUT2D eigenvalue weighted by Crippen LogP contribution is -2.33. The lowest BCUT2D eigenvalue weighted by atomic mass is 9.93. The Labute approximate surface area is 132 Å². The zero-order chi connectivity index (χ0) is 15.2. The Kier molecular flexibility index (Phi) is 6.19. The van der Waals surface area contributed by atoms with Gasteiger partial charge in [0.25, 0.3) is 0 Å². The van der Waals surface area contributed by atoms with E-state index in [0.717, 1.165) is 11.5 Å². The first-order valence-electron chi connectivity index (χ1n) is 7.90. The Morgan fingerprint density at radius 2 is 1.95 bits per heavy atom. The molecule has 0 heterocycles. The van der Waals surface area contributed by atoms with Gasteiger partial charge in [0.15, 0.2) is 11.5 Å². The summed E-state index contributed by atoms with van der Waals surface area (Å²) in [4.78, 5) is 0. The average molecular weight is 312 g/mol. The van der Waals surface area contributed by atoms with E-state index in [0.29, 0.717) is 23.4 Å². The molecule has 1 atom stereocenters. The van der Waals surface area contributed by atoms with Crippen LogP contribution in [0.3, 0.4) is 0 Å². The highest BCUT2D eigenvalue weighted by Crippen LogP contribution is 2.33. The van der Waals surface area contributed by atoms with Gasteiger partial charge < -0.3 is 15.2 Å². The summed E-state index contributed by atoms with van der Waals surface area (Å²) in [5, 5.41) is 14.3. The Morgan fingerprint density at radius 1 is 1.29 bits per heavy atom. The molecule has 0 radical (unpaired) electrons. The van der Waals surface area contributed by atoms with Crippen LogP contribution in [-0.4, -0.2) is 18.3 Å². The zero-order valence-electron chi connectivity index (χ0n) is 13.0. The molecule has 1 saturated carbocycles. The van der Waals surface area contributed by atoms with Crippen LogP contribution in [0.25, 0.3) is 0 Å². The molecule has 0 spiro atoms. The number of phenolic OH excluding ortho intramolecular Hbond substituents is 1. The van der Waals surface area contributed by atoms with E-state index in [4.69, 9.17) is 16.3 Å². The summed E-state index contributed by atoms with van der Waals surface area (Å²) < 4.78 is 5.14. The van der Waals surface area contributed by atoms with Gasteiger partial charge in [0.05, 0.1) is 7.11 Å². The minimum atomic E-state index is 0.183. The second kappa shape index (κ2) is 7.90. The molecule has 0 aromatic heterocycles. The van der Waals surface area contributed by atoms with Crippen LogP contribution in [0.1, 0.15) is 51.0 Å². The van der Waals surface area contributed by atoms with Crippen LogP contribution < -0.4 is 10.1 Å². The van der Waals surface area contributed by atoms with Crippen LogP contribution in [-0.2, 0) is 6.54 Å². The SMILES string of the molecule is COc1cc(Cl)cc(CN[C@H](C)C2CCCCCC2)c1O. The summed E-state index contributed by atoms with van der Waals surface area (Å²) in [7, 11) is 1.54. The maximum Gasteiger partial charge on any atom is 0.162 e. The highest BCUT2D eigenvalue weighted by atomic mass is 35.5. The van der Waals surface area contributed by atoms with Crippen molar-refractivity contribution in [3.05, 3.63) is 22.7 Å². The molecule has 0 bridgehead atoms. The van der Waals surface area contributed by atoms with Crippen LogP contribution in [0.2, 0.25) is 5.02 Å². The van der Waals surface area contributed by atoms with E-state index in [1.54, 1.807) is 12.1 Å². The number of benzene rings is 1. The predicted octanol–water partition coefficient (Wildman–Crippen LogP) is 4.50. The number of aromatic hydroxyl groups is 1. The smallest absolute Gasteiger partial charge is 0.162 e. The summed E-state index contributed by atoms with van der Waals surface area (Å²) in [6.07, 6.45) is 8.03. The number of nitrogens with one attached hydrogen (secondary N) is 1. The molecule has 2 rings (SSSR count). The van der Waals surface area contributed by atoms with Gasteiger partial charge in [0.1, 0.15) is 0 Å². The maximum atomic E-state index is 10.2. The van der Waals surface area contributed by atoms with Crippen molar-refractivity contribution in [3.8, 4) is 11.5 Å². The Hall–Kier alpha value is -0.930. The van der Waals surface area contributed by atoms with Crippen molar-refractivity contribution in [2.45, 2.75) is 58.0 Å². The van der Waals surface area contributed by atoms with Crippen LogP contribution in [0.15, 0.2) is 12.1 Å². The number of rotatable bonds is 5. The van der Waals surface area contributed by atoms with E-state index in [1.807, 2.05) is 0 Å². The molecule has 4 heteroatoms. The van der Waals surface area contributed by atoms with Crippen molar-refractivity contribution in [1.29, 1.82) is 0 Å². The largest absolute Gasteiger partial charge is 0.504 e. The van der Waals surface area contributed by atoms with Crippen molar-refractivity contribution in [2.24, 2.45) is 5.92 Å². The molecular formula is C17H26ClNO2. The third kappa shape index (κ3) is 4.52. The minimum Gasteiger partial charge on any atom is -0.504 e. The van der Waals surface area contributed by atoms with Gasteiger partial charge in [-0.15, -0.1) is 0 Å². The van der Waals surface area contributed by atoms with E-state index in [9.17, 15) is 5.11 Å². The lowest BCUT2D eigenvalue weighted by molar-refractivity contribution is 0.332. The van der Waals surface area contributed by atoms with Gasteiger partial charge in [-0.2, -0.15) is 0 Å². The van der Waals surface area contributed by atoms with Crippen LogP contribution in [0, 0.1) is 5.92 Å². The molecule has 3 nitrogen and oxygen atoms in total. The number of hydrogen-bond acceptors (Lipinski definition) is 3. The van der Waals surface area contributed by atoms with Gasteiger partial charge in [0, 0.05) is 29.2 Å². The lowest BCUT2D eigenvalue weighted by Gasteiger charge is -2.24. The summed E-state index contributed by atoms with van der Waals surface area (Å²) >= 11 is 6.07. The van der Waals surface area contributed by atoms with E-state index < -0.39 is 0 Å². The third-order valence-electron chi connectivity index (χ3n) is 4.56. The minimum absolute atomic E-state index is 0.183. The molecule has 1 aromatic carbocycles. The maximum absolute atomic E-state index is 10.2. The molecule has 1 aliphatic rings. The first-order valence-corrected chi connectivity index (χ1v) is 8.28. The highest BCUT2D eigenvalue weighted by molar-refractivity contribution is 6.30. The summed E-state index contributed by atoms with van der Waals surface area (Å²) in [6.45, 7) is 2.86. The first-order chi connectivity index (χ1) is 10.1. The summed E-state index contributed by atoms with van der Waals surface area (Å²) in [5.74, 6) is 1.35. The standard InChI is InChI=1S/C17H26ClNO2/c1-12(13-7-5-3-4-6-8-13)19-11-14-9-15(18)10-16(21-2)17(14)20/h9-10,12-13,19-20H,3-8,11H2,1-2H3/t12-/m1/s1. The van der Waals surface area contributed by atoms with Crippen LogP contribution in [0.4, 0.5) is 0 Å². The topological polar surface area (TPSA) is 41.5 Å². The quantitative estimate of drug-likeness (QED) is 0.787. The number of hydrogen-bond donors (Lipinski definition) is 2. The van der Waals surface area contributed by atoms with Crippen LogP contribution >= 0.6 is 11.6 Å². The van der Waals surface area contributed by atoms with Gasteiger partial charge in [-0.25, -0.2) is 0 Å². The summed E-state index contributed by atoms with van der Waals surface area (Å²) in [6, 6.07) is 3.88. The van der Waals surface area contributed by atoms with Crippen molar-refractivity contribution >= 4 is 11.6 Å². The molecule has 1 aromatic rings. The zero-order valence-corrected chi connectivity index (χ0v) is 13.7. The van der Waals surface area contributed by atoms with Crippen molar-refractivity contribution in [2.75, 3.05) is 7.11 Å². The average Bonchev–Trinajstić information content (AvgIpc) is 2.76.